The molecule has 1 saturated heterocycles. The second kappa shape index (κ2) is 5.99. The minimum atomic E-state index is 0.155. The molecular formula is C11H23NOS. The van der Waals surface area contributed by atoms with Crippen LogP contribution in [0.25, 0.3) is 0 Å². The van der Waals surface area contributed by atoms with Gasteiger partial charge in [-0.25, -0.2) is 0 Å². The number of aliphatic hydroxyl groups excluding tert-OH is 1. The molecule has 0 atom stereocenters. The minimum Gasteiger partial charge on any atom is -0.396 e. The molecule has 3 heteroatoms. The molecular weight excluding hydrogens is 194 g/mol. The van der Waals surface area contributed by atoms with Crippen LogP contribution >= 0.6 is 11.8 Å². The number of hydrogen-bond acceptors (Lipinski definition) is 3. The molecule has 1 N–H and O–H groups in total. The lowest BCUT2D eigenvalue weighted by Gasteiger charge is -2.37. The molecule has 0 amide bonds. The van der Waals surface area contributed by atoms with E-state index in [9.17, 15) is 5.11 Å². The summed E-state index contributed by atoms with van der Waals surface area (Å²) in [4.78, 5) is 2.51. The van der Waals surface area contributed by atoms with E-state index in [1.165, 1.54) is 24.6 Å². The van der Waals surface area contributed by atoms with E-state index in [0.29, 0.717) is 6.61 Å². The Morgan fingerprint density at radius 3 is 2.21 bits per heavy atom. The molecule has 0 aromatic heterocycles. The third-order valence-corrected chi connectivity index (χ3v) is 4.44. The quantitative estimate of drug-likeness (QED) is 0.760. The average molecular weight is 217 g/mol. The van der Waals surface area contributed by atoms with E-state index < -0.39 is 0 Å². The van der Waals surface area contributed by atoms with Crippen molar-refractivity contribution in [3.8, 4) is 0 Å². The highest BCUT2D eigenvalue weighted by Gasteiger charge is 2.28. The highest BCUT2D eigenvalue weighted by Crippen LogP contribution is 2.27. The zero-order valence-corrected chi connectivity index (χ0v) is 10.3. The van der Waals surface area contributed by atoms with Crippen molar-refractivity contribution in [1.82, 2.24) is 4.90 Å². The van der Waals surface area contributed by atoms with Crippen molar-refractivity contribution < 1.29 is 5.11 Å². The van der Waals surface area contributed by atoms with Crippen molar-refractivity contribution in [1.29, 1.82) is 0 Å². The van der Waals surface area contributed by atoms with Crippen LogP contribution in [0.5, 0.6) is 0 Å². The van der Waals surface area contributed by atoms with Gasteiger partial charge in [0, 0.05) is 43.2 Å². The van der Waals surface area contributed by atoms with Crippen LogP contribution in [-0.2, 0) is 0 Å². The van der Waals surface area contributed by atoms with Gasteiger partial charge >= 0.3 is 0 Å². The summed E-state index contributed by atoms with van der Waals surface area (Å²) >= 11 is 2.04. The van der Waals surface area contributed by atoms with E-state index in [2.05, 4.69) is 18.7 Å². The molecule has 14 heavy (non-hydrogen) atoms. The van der Waals surface area contributed by atoms with Crippen molar-refractivity contribution >= 4 is 11.8 Å². The normalized spacial score (nSPS) is 19.9. The molecule has 2 nitrogen and oxygen atoms in total. The zero-order valence-electron chi connectivity index (χ0n) is 9.46. The first-order chi connectivity index (χ1) is 6.76. The van der Waals surface area contributed by atoms with Gasteiger partial charge in [-0.15, -0.1) is 0 Å². The van der Waals surface area contributed by atoms with Gasteiger partial charge in [0.25, 0.3) is 0 Å². The van der Waals surface area contributed by atoms with Crippen LogP contribution in [0.2, 0.25) is 0 Å². The van der Waals surface area contributed by atoms with Crippen LogP contribution in [0.4, 0.5) is 0 Å². The molecule has 0 saturated carbocycles. The molecule has 0 radical (unpaired) electrons. The molecule has 1 aliphatic rings. The lowest BCUT2D eigenvalue weighted by atomic mass is 9.82. The number of nitrogens with zero attached hydrogens (tertiary/aromatic N) is 1. The minimum absolute atomic E-state index is 0.155. The first-order valence-electron chi connectivity index (χ1n) is 5.67. The van der Waals surface area contributed by atoms with E-state index in [1.54, 1.807) is 0 Å². The second-order valence-corrected chi connectivity index (χ2v) is 5.48. The summed E-state index contributed by atoms with van der Waals surface area (Å²) in [7, 11) is 0. The van der Waals surface area contributed by atoms with Crippen molar-refractivity contribution in [2.75, 3.05) is 37.7 Å². The Hall–Kier alpha value is 0.270. The first kappa shape index (κ1) is 12.3. The van der Waals surface area contributed by atoms with Gasteiger partial charge in [-0.05, 0) is 12.8 Å². The Morgan fingerprint density at radius 2 is 1.79 bits per heavy atom. The van der Waals surface area contributed by atoms with Gasteiger partial charge in [-0.3, -0.25) is 0 Å². The van der Waals surface area contributed by atoms with E-state index in [4.69, 9.17) is 0 Å². The van der Waals surface area contributed by atoms with Crippen LogP contribution in [-0.4, -0.2) is 47.8 Å². The lowest BCUT2D eigenvalue weighted by Crippen LogP contribution is -2.43. The molecule has 0 unspecified atom stereocenters. The summed E-state index contributed by atoms with van der Waals surface area (Å²) in [6, 6.07) is 0. The Kier molecular flexibility index (Phi) is 5.28. The van der Waals surface area contributed by atoms with Crippen molar-refractivity contribution in [2.45, 2.75) is 26.7 Å². The third kappa shape index (κ3) is 3.14. The summed E-state index contributed by atoms with van der Waals surface area (Å²) in [6.45, 7) is 8.20. The van der Waals surface area contributed by atoms with Gasteiger partial charge in [-0.1, -0.05) is 13.8 Å². The molecule has 1 aliphatic heterocycles. The molecule has 0 aromatic rings. The molecule has 0 aliphatic carbocycles. The van der Waals surface area contributed by atoms with Gasteiger partial charge in [-0.2, -0.15) is 11.8 Å². The van der Waals surface area contributed by atoms with Crippen LogP contribution in [0.15, 0.2) is 0 Å². The van der Waals surface area contributed by atoms with Crippen molar-refractivity contribution in [3.05, 3.63) is 0 Å². The summed E-state index contributed by atoms with van der Waals surface area (Å²) in [5.74, 6) is 2.52. The number of hydrogen-bond donors (Lipinski definition) is 1. The number of thioether (sulfide) groups is 1. The fourth-order valence-electron chi connectivity index (χ4n) is 1.98. The van der Waals surface area contributed by atoms with Crippen LogP contribution in [0.1, 0.15) is 26.7 Å². The molecule has 0 bridgehead atoms. The number of aliphatic hydroxyl groups is 1. The van der Waals surface area contributed by atoms with E-state index >= 15 is 0 Å². The fraction of sp³-hybridized carbons (Fsp3) is 1.00. The summed E-state index contributed by atoms with van der Waals surface area (Å²) in [6.07, 6.45) is 2.17. The standard InChI is InChI=1S/C11H23NOS/c1-3-11(4-2,10-13)9-12-5-7-14-8-6-12/h13H,3-10H2,1-2H3. The predicted molar refractivity (Wildman–Crippen MR) is 63.9 cm³/mol. The topological polar surface area (TPSA) is 23.5 Å². The van der Waals surface area contributed by atoms with Crippen LogP contribution in [0.3, 0.4) is 0 Å². The molecule has 0 aromatic carbocycles. The van der Waals surface area contributed by atoms with E-state index in [0.717, 1.165) is 19.4 Å². The molecule has 84 valence electrons. The monoisotopic (exact) mass is 217 g/mol. The second-order valence-electron chi connectivity index (χ2n) is 4.25. The lowest BCUT2D eigenvalue weighted by molar-refractivity contribution is 0.0697. The van der Waals surface area contributed by atoms with E-state index in [1.807, 2.05) is 11.8 Å². The Labute approximate surface area is 92.1 Å². The smallest absolute Gasteiger partial charge is 0.0499 e. The van der Waals surface area contributed by atoms with Crippen LogP contribution < -0.4 is 0 Å². The van der Waals surface area contributed by atoms with Gasteiger partial charge in [0.1, 0.15) is 0 Å². The Balaban J connectivity index is 2.44. The zero-order chi connectivity index (χ0) is 10.4. The predicted octanol–water partition coefficient (Wildman–Crippen LogP) is 1.83. The van der Waals surface area contributed by atoms with Gasteiger partial charge in [0.15, 0.2) is 0 Å². The van der Waals surface area contributed by atoms with E-state index in [-0.39, 0.29) is 5.41 Å². The molecule has 0 spiro atoms. The molecule has 1 fully saturated rings. The highest BCUT2D eigenvalue weighted by atomic mass is 32.2. The first-order valence-corrected chi connectivity index (χ1v) is 6.83. The van der Waals surface area contributed by atoms with Crippen LogP contribution in [0, 0.1) is 5.41 Å². The van der Waals surface area contributed by atoms with Crippen molar-refractivity contribution in [3.63, 3.8) is 0 Å². The Morgan fingerprint density at radius 1 is 1.21 bits per heavy atom. The average Bonchev–Trinajstić information content (AvgIpc) is 2.28. The maximum atomic E-state index is 9.48. The summed E-state index contributed by atoms with van der Waals surface area (Å²) in [5.41, 5.74) is 0.155. The van der Waals surface area contributed by atoms with Crippen molar-refractivity contribution in [2.24, 2.45) is 5.41 Å². The Bertz CT molecular complexity index is 145. The number of rotatable bonds is 5. The highest BCUT2D eigenvalue weighted by molar-refractivity contribution is 7.99. The largest absolute Gasteiger partial charge is 0.396 e. The van der Waals surface area contributed by atoms with Gasteiger partial charge < -0.3 is 10.0 Å². The van der Waals surface area contributed by atoms with Gasteiger partial charge in [0.05, 0.1) is 0 Å². The molecule has 1 heterocycles. The fourth-order valence-corrected chi connectivity index (χ4v) is 2.96. The van der Waals surface area contributed by atoms with Gasteiger partial charge in [0.2, 0.25) is 0 Å². The summed E-state index contributed by atoms with van der Waals surface area (Å²) < 4.78 is 0. The maximum Gasteiger partial charge on any atom is 0.0499 e. The SMILES string of the molecule is CCC(CC)(CO)CN1CCSCC1. The summed E-state index contributed by atoms with van der Waals surface area (Å²) in [5, 5.41) is 9.48. The molecule has 1 rings (SSSR count). The third-order valence-electron chi connectivity index (χ3n) is 3.50. The maximum absolute atomic E-state index is 9.48.